The quantitative estimate of drug-likeness (QED) is 0.410. The summed E-state index contributed by atoms with van der Waals surface area (Å²) in [6.07, 6.45) is 2.76. The van der Waals surface area contributed by atoms with E-state index in [1.165, 1.54) is 4.90 Å². The number of benzene rings is 1. The number of thioether (sulfide) groups is 1. The van der Waals surface area contributed by atoms with Gasteiger partial charge in [-0.3, -0.25) is 14.5 Å². The summed E-state index contributed by atoms with van der Waals surface area (Å²) >= 11 is 3.22. The Balaban J connectivity index is 1.40. The summed E-state index contributed by atoms with van der Waals surface area (Å²) in [6, 6.07) is 7.00. The second-order valence-electron chi connectivity index (χ2n) is 5.66. The van der Waals surface area contributed by atoms with Crippen LogP contribution in [-0.2, 0) is 0 Å². The predicted octanol–water partition coefficient (Wildman–Crippen LogP) is 3.53. The molecule has 0 bridgehead atoms. The number of aromatic nitrogens is 2. The standard InChI is InChI=1S/C17H20N4O2S2/c1-2-9-18-16-19-20-17(25-16)24-11-6-5-10-21-14(22)12-7-3-4-8-13(12)15(21)23/h3-4,7-8H,2,5-6,9-11H2,1H3,(H,18,19). The van der Waals surface area contributed by atoms with Gasteiger partial charge in [-0.05, 0) is 31.4 Å². The maximum Gasteiger partial charge on any atom is 0.261 e. The molecule has 0 fully saturated rings. The summed E-state index contributed by atoms with van der Waals surface area (Å²) < 4.78 is 0.944. The van der Waals surface area contributed by atoms with E-state index in [-0.39, 0.29) is 11.8 Å². The highest BCUT2D eigenvalue weighted by atomic mass is 32.2. The van der Waals surface area contributed by atoms with E-state index in [1.807, 2.05) is 0 Å². The number of anilines is 1. The number of imide groups is 1. The topological polar surface area (TPSA) is 75.2 Å². The van der Waals surface area contributed by atoms with Gasteiger partial charge >= 0.3 is 0 Å². The molecule has 8 heteroatoms. The van der Waals surface area contributed by atoms with Crippen molar-refractivity contribution in [3.05, 3.63) is 35.4 Å². The zero-order valence-electron chi connectivity index (χ0n) is 14.0. The minimum Gasteiger partial charge on any atom is -0.360 e. The van der Waals surface area contributed by atoms with Crippen LogP contribution in [0.2, 0.25) is 0 Å². The third kappa shape index (κ3) is 4.19. The van der Waals surface area contributed by atoms with Crippen molar-refractivity contribution < 1.29 is 9.59 Å². The number of carbonyl (C=O) groups excluding carboxylic acids is 2. The molecule has 1 aliphatic heterocycles. The lowest BCUT2D eigenvalue weighted by atomic mass is 10.1. The van der Waals surface area contributed by atoms with Crippen molar-refractivity contribution in [2.75, 3.05) is 24.2 Å². The maximum atomic E-state index is 12.3. The molecule has 0 spiro atoms. The maximum absolute atomic E-state index is 12.3. The second kappa shape index (κ2) is 8.44. The van der Waals surface area contributed by atoms with Crippen LogP contribution in [0.4, 0.5) is 5.13 Å². The molecule has 1 aromatic carbocycles. The Hall–Kier alpha value is -1.93. The lowest BCUT2D eigenvalue weighted by molar-refractivity contribution is 0.0652. The Morgan fingerprint density at radius 1 is 1.12 bits per heavy atom. The SMILES string of the molecule is CCCNc1nnc(SCCCCN2C(=O)c3ccccc3C2=O)s1. The normalized spacial score (nSPS) is 13.4. The van der Waals surface area contributed by atoms with Gasteiger partial charge in [-0.25, -0.2) is 0 Å². The summed E-state index contributed by atoms with van der Waals surface area (Å²) in [4.78, 5) is 25.9. The highest BCUT2D eigenvalue weighted by Gasteiger charge is 2.34. The molecule has 2 amide bonds. The predicted molar refractivity (Wildman–Crippen MR) is 100 cm³/mol. The molecule has 0 saturated carbocycles. The average Bonchev–Trinajstić information content (AvgIpc) is 3.18. The first kappa shape index (κ1) is 17.9. The molecule has 2 aromatic rings. The van der Waals surface area contributed by atoms with Gasteiger partial charge in [0.05, 0.1) is 11.1 Å². The van der Waals surface area contributed by atoms with Crippen LogP contribution in [-0.4, -0.2) is 45.8 Å². The van der Waals surface area contributed by atoms with Gasteiger partial charge in [-0.2, -0.15) is 0 Å². The molecule has 0 aliphatic carbocycles. The van der Waals surface area contributed by atoms with E-state index in [0.29, 0.717) is 17.7 Å². The number of hydrogen-bond donors (Lipinski definition) is 1. The number of rotatable bonds is 9. The number of nitrogens with zero attached hydrogens (tertiary/aromatic N) is 3. The summed E-state index contributed by atoms with van der Waals surface area (Å²) in [5, 5.41) is 12.3. The smallest absolute Gasteiger partial charge is 0.261 e. The highest BCUT2D eigenvalue weighted by molar-refractivity contribution is 8.01. The first-order valence-corrected chi connectivity index (χ1v) is 10.2. The van der Waals surface area contributed by atoms with Crippen molar-refractivity contribution in [2.24, 2.45) is 0 Å². The van der Waals surface area contributed by atoms with Gasteiger partial charge in [0, 0.05) is 18.8 Å². The minimum absolute atomic E-state index is 0.177. The van der Waals surface area contributed by atoms with Crippen LogP contribution in [0, 0.1) is 0 Å². The molecular formula is C17H20N4O2S2. The Bertz CT molecular complexity index is 728. The molecular weight excluding hydrogens is 356 g/mol. The fourth-order valence-electron chi connectivity index (χ4n) is 2.55. The van der Waals surface area contributed by atoms with E-state index in [2.05, 4.69) is 22.4 Å². The van der Waals surface area contributed by atoms with Crippen LogP contribution in [0.5, 0.6) is 0 Å². The first-order valence-electron chi connectivity index (χ1n) is 8.36. The van der Waals surface area contributed by atoms with Crippen molar-refractivity contribution in [3.63, 3.8) is 0 Å². The van der Waals surface area contributed by atoms with Crippen LogP contribution in [0.1, 0.15) is 46.9 Å². The Morgan fingerprint density at radius 2 is 1.84 bits per heavy atom. The van der Waals surface area contributed by atoms with E-state index in [1.54, 1.807) is 47.4 Å². The number of nitrogens with one attached hydrogen (secondary N) is 1. The first-order chi connectivity index (χ1) is 12.2. The molecule has 0 radical (unpaired) electrons. The molecule has 2 heterocycles. The van der Waals surface area contributed by atoms with Gasteiger partial charge < -0.3 is 5.32 Å². The monoisotopic (exact) mass is 376 g/mol. The van der Waals surface area contributed by atoms with E-state index in [0.717, 1.165) is 41.0 Å². The number of hydrogen-bond acceptors (Lipinski definition) is 7. The summed E-state index contributed by atoms with van der Waals surface area (Å²) in [7, 11) is 0. The Labute approximate surface area is 155 Å². The molecule has 1 aliphatic rings. The van der Waals surface area contributed by atoms with E-state index in [4.69, 9.17) is 0 Å². The molecule has 1 N–H and O–H groups in total. The lowest BCUT2D eigenvalue weighted by Crippen LogP contribution is -2.30. The Kier molecular flexibility index (Phi) is 6.04. The van der Waals surface area contributed by atoms with Crippen molar-refractivity contribution in [3.8, 4) is 0 Å². The molecule has 0 unspecified atom stereocenters. The van der Waals surface area contributed by atoms with Crippen molar-refractivity contribution in [1.29, 1.82) is 0 Å². The average molecular weight is 377 g/mol. The minimum atomic E-state index is -0.177. The van der Waals surface area contributed by atoms with Crippen LogP contribution >= 0.6 is 23.1 Å². The third-order valence-corrected chi connectivity index (χ3v) is 5.91. The third-order valence-electron chi connectivity index (χ3n) is 3.81. The van der Waals surface area contributed by atoms with E-state index >= 15 is 0 Å². The van der Waals surface area contributed by atoms with Crippen LogP contribution in [0.15, 0.2) is 28.6 Å². The zero-order chi connectivity index (χ0) is 17.6. The van der Waals surface area contributed by atoms with E-state index < -0.39 is 0 Å². The molecule has 132 valence electrons. The van der Waals surface area contributed by atoms with Gasteiger partial charge in [0.2, 0.25) is 5.13 Å². The number of fused-ring (bicyclic) bond motifs is 1. The van der Waals surface area contributed by atoms with Crippen molar-refractivity contribution >= 4 is 40.0 Å². The van der Waals surface area contributed by atoms with Gasteiger partial charge in [-0.15, -0.1) is 10.2 Å². The number of carbonyl (C=O) groups is 2. The van der Waals surface area contributed by atoms with E-state index in [9.17, 15) is 9.59 Å². The second-order valence-corrected chi connectivity index (χ2v) is 7.98. The van der Waals surface area contributed by atoms with Crippen LogP contribution in [0.3, 0.4) is 0 Å². The van der Waals surface area contributed by atoms with Gasteiger partial charge in [-0.1, -0.05) is 42.2 Å². The lowest BCUT2D eigenvalue weighted by Gasteiger charge is -2.13. The summed E-state index contributed by atoms with van der Waals surface area (Å²) in [5.74, 6) is 0.541. The highest BCUT2D eigenvalue weighted by Crippen LogP contribution is 2.27. The van der Waals surface area contributed by atoms with Crippen molar-refractivity contribution in [1.82, 2.24) is 15.1 Å². The fourth-order valence-corrected chi connectivity index (χ4v) is 4.39. The summed E-state index contributed by atoms with van der Waals surface area (Å²) in [6.45, 7) is 3.48. The molecule has 0 atom stereocenters. The van der Waals surface area contributed by atoms with Gasteiger partial charge in [0.15, 0.2) is 4.34 Å². The number of amides is 2. The fraction of sp³-hybridized carbons (Fsp3) is 0.412. The van der Waals surface area contributed by atoms with Gasteiger partial charge in [0.1, 0.15) is 0 Å². The Morgan fingerprint density at radius 3 is 2.52 bits per heavy atom. The largest absolute Gasteiger partial charge is 0.360 e. The molecule has 3 rings (SSSR count). The van der Waals surface area contributed by atoms with Gasteiger partial charge in [0.25, 0.3) is 11.8 Å². The molecule has 1 aromatic heterocycles. The molecule has 0 saturated heterocycles. The molecule has 25 heavy (non-hydrogen) atoms. The van der Waals surface area contributed by atoms with Crippen LogP contribution < -0.4 is 5.32 Å². The summed E-state index contributed by atoms with van der Waals surface area (Å²) in [5.41, 5.74) is 1.03. The zero-order valence-corrected chi connectivity index (χ0v) is 15.7. The number of unbranched alkanes of at least 4 members (excludes halogenated alkanes) is 1. The van der Waals surface area contributed by atoms with Crippen molar-refractivity contribution in [2.45, 2.75) is 30.5 Å². The molecule has 6 nitrogen and oxygen atoms in total. The van der Waals surface area contributed by atoms with Crippen LogP contribution in [0.25, 0.3) is 0 Å².